The number of hydrogen-bond acceptors (Lipinski definition) is 3. The highest BCUT2D eigenvalue weighted by molar-refractivity contribution is 7.30. The summed E-state index contributed by atoms with van der Waals surface area (Å²) >= 11 is 0. The maximum atomic E-state index is 9.57. The van der Waals surface area contributed by atoms with Crippen LogP contribution in [0, 0.1) is 0 Å². The van der Waals surface area contributed by atoms with E-state index < -0.39 is 14.9 Å². The zero-order valence-electron chi connectivity index (χ0n) is 8.60. The van der Waals surface area contributed by atoms with Gasteiger partial charge >= 0.3 is 6.71 Å². The lowest BCUT2D eigenvalue weighted by Crippen LogP contribution is -2.64. The van der Waals surface area contributed by atoms with Crippen LogP contribution in [-0.2, 0) is 4.43 Å². The molecule has 0 bridgehead atoms. The molecule has 1 heterocycles. The zero-order chi connectivity index (χ0) is 10.7. The maximum Gasteiger partial charge on any atom is 0.467 e. The van der Waals surface area contributed by atoms with Crippen LogP contribution in [0.15, 0.2) is 30.3 Å². The topological polar surface area (TPSA) is 49.7 Å². The number of benzene rings is 1. The Morgan fingerprint density at radius 1 is 1.13 bits per heavy atom. The molecule has 1 saturated heterocycles. The molecule has 1 aromatic rings. The van der Waals surface area contributed by atoms with Gasteiger partial charge in [-0.2, -0.15) is 0 Å². The van der Waals surface area contributed by atoms with E-state index in [0.717, 1.165) is 24.1 Å². The average molecular weight is 222 g/mol. The molecule has 1 aliphatic heterocycles. The fourth-order valence-electron chi connectivity index (χ4n) is 2.12. The highest BCUT2D eigenvalue weighted by atomic mass is 28.3. The first kappa shape index (κ1) is 10.9. The minimum atomic E-state index is -2.53. The molecular formula is C10H15BO3Si. The second kappa shape index (κ2) is 4.49. The molecule has 5 heteroatoms. The second-order valence-corrected chi connectivity index (χ2v) is 7.60. The van der Waals surface area contributed by atoms with Gasteiger partial charge in [-0.25, -0.2) is 0 Å². The van der Waals surface area contributed by atoms with Gasteiger partial charge in [0.2, 0.25) is 0 Å². The summed E-state index contributed by atoms with van der Waals surface area (Å²) in [6.45, 7) is -0.668. The van der Waals surface area contributed by atoms with Gasteiger partial charge in [-0.1, -0.05) is 36.8 Å². The van der Waals surface area contributed by atoms with E-state index in [1.165, 1.54) is 0 Å². The van der Waals surface area contributed by atoms with E-state index in [1.807, 2.05) is 30.3 Å². The third-order valence-corrected chi connectivity index (χ3v) is 6.94. The van der Waals surface area contributed by atoms with Crippen LogP contribution in [0.1, 0.15) is 12.8 Å². The Kier molecular flexibility index (Phi) is 3.26. The van der Waals surface area contributed by atoms with E-state index in [9.17, 15) is 10.0 Å². The molecule has 80 valence electrons. The van der Waals surface area contributed by atoms with E-state index in [-0.39, 0.29) is 0 Å². The molecule has 2 N–H and O–H groups in total. The van der Waals surface area contributed by atoms with Crippen LogP contribution in [0.4, 0.5) is 0 Å². The molecule has 0 aliphatic carbocycles. The standard InChI is InChI=1S/C10H15BO3Si/c12-11(13)15(9-5-4-8-14-15)10-6-2-1-3-7-10/h1-3,6-7,12-13H,4-5,8-9H2. The summed E-state index contributed by atoms with van der Waals surface area (Å²) in [5.41, 5.74) is 0. The van der Waals surface area contributed by atoms with Gasteiger partial charge in [0.25, 0.3) is 8.19 Å². The van der Waals surface area contributed by atoms with Crippen LogP contribution in [-0.4, -0.2) is 31.6 Å². The van der Waals surface area contributed by atoms with Crippen LogP contribution in [0.25, 0.3) is 0 Å². The van der Waals surface area contributed by atoms with Crippen molar-refractivity contribution in [3.8, 4) is 0 Å². The first-order chi connectivity index (χ1) is 7.26. The van der Waals surface area contributed by atoms with Gasteiger partial charge in [0.05, 0.1) is 0 Å². The SMILES string of the molecule is OB(O)[Si]1(c2ccccc2)CCCCO1. The third-order valence-electron chi connectivity index (χ3n) is 2.98. The smallest absolute Gasteiger partial charge is 0.428 e. The summed E-state index contributed by atoms with van der Waals surface area (Å²) < 4.78 is 5.75. The Morgan fingerprint density at radius 3 is 2.40 bits per heavy atom. The molecule has 1 aliphatic rings. The van der Waals surface area contributed by atoms with Gasteiger partial charge in [0.1, 0.15) is 0 Å². The fraction of sp³-hybridized carbons (Fsp3) is 0.400. The molecule has 1 aromatic carbocycles. The zero-order valence-corrected chi connectivity index (χ0v) is 9.60. The van der Waals surface area contributed by atoms with Gasteiger partial charge < -0.3 is 14.5 Å². The van der Waals surface area contributed by atoms with Crippen molar-refractivity contribution in [2.75, 3.05) is 6.61 Å². The Hall–Kier alpha value is -0.618. The average Bonchev–Trinajstić information content (AvgIpc) is 2.31. The number of rotatable bonds is 2. The Morgan fingerprint density at radius 2 is 1.87 bits per heavy atom. The monoisotopic (exact) mass is 222 g/mol. The minimum Gasteiger partial charge on any atom is -0.428 e. The molecule has 0 spiro atoms. The van der Waals surface area contributed by atoms with Crippen LogP contribution in [0.3, 0.4) is 0 Å². The Labute approximate surface area is 90.9 Å². The van der Waals surface area contributed by atoms with Gasteiger partial charge in [0, 0.05) is 6.61 Å². The van der Waals surface area contributed by atoms with Crippen molar-refractivity contribution in [3.63, 3.8) is 0 Å². The van der Waals surface area contributed by atoms with Gasteiger partial charge in [-0.05, 0) is 17.7 Å². The van der Waals surface area contributed by atoms with Crippen molar-refractivity contribution >= 4 is 20.1 Å². The molecule has 1 unspecified atom stereocenters. The van der Waals surface area contributed by atoms with Crippen LogP contribution in [0.5, 0.6) is 0 Å². The molecule has 3 nitrogen and oxygen atoms in total. The van der Waals surface area contributed by atoms with Crippen LogP contribution in [0.2, 0.25) is 6.04 Å². The van der Waals surface area contributed by atoms with E-state index in [4.69, 9.17) is 4.43 Å². The van der Waals surface area contributed by atoms with Crippen molar-refractivity contribution < 1.29 is 14.5 Å². The van der Waals surface area contributed by atoms with Gasteiger partial charge in [-0.3, -0.25) is 0 Å². The van der Waals surface area contributed by atoms with Crippen LogP contribution >= 0.6 is 0 Å². The first-order valence-corrected chi connectivity index (χ1v) is 7.50. The highest BCUT2D eigenvalue weighted by Gasteiger charge is 2.49. The Bertz CT molecular complexity index is 312. The van der Waals surface area contributed by atoms with Gasteiger partial charge in [-0.15, -0.1) is 0 Å². The van der Waals surface area contributed by atoms with E-state index in [1.54, 1.807) is 0 Å². The molecule has 0 saturated carbocycles. The van der Waals surface area contributed by atoms with Gasteiger partial charge in [0.15, 0.2) is 0 Å². The fourth-order valence-corrected chi connectivity index (χ4v) is 5.46. The third kappa shape index (κ3) is 2.01. The molecule has 0 amide bonds. The van der Waals surface area contributed by atoms with Crippen LogP contribution < -0.4 is 5.19 Å². The van der Waals surface area contributed by atoms with Crippen molar-refractivity contribution in [3.05, 3.63) is 30.3 Å². The van der Waals surface area contributed by atoms with Crippen molar-refractivity contribution in [1.29, 1.82) is 0 Å². The molecule has 0 aromatic heterocycles. The predicted octanol–water partition coefficient (Wildman–Crippen LogP) is 0.201. The normalized spacial score (nSPS) is 26.3. The molecule has 1 atom stereocenters. The molecule has 1 fully saturated rings. The summed E-state index contributed by atoms with van der Waals surface area (Å²) in [6.07, 6.45) is 2.05. The van der Waals surface area contributed by atoms with Crippen molar-refractivity contribution in [1.82, 2.24) is 0 Å². The van der Waals surface area contributed by atoms with Crippen molar-refractivity contribution in [2.45, 2.75) is 18.9 Å². The molecular weight excluding hydrogens is 207 g/mol. The minimum absolute atomic E-state index is 0.652. The summed E-state index contributed by atoms with van der Waals surface area (Å²) in [5.74, 6) is 0. The highest BCUT2D eigenvalue weighted by Crippen LogP contribution is 2.22. The molecule has 2 rings (SSSR count). The lowest BCUT2D eigenvalue weighted by atomic mass is 10.3. The van der Waals surface area contributed by atoms with Crippen molar-refractivity contribution in [2.24, 2.45) is 0 Å². The Balaban J connectivity index is 2.34. The lowest BCUT2D eigenvalue weighted by molar-refractivity contribution is 0.274. The first-order valence-electron chi connectivity index (χ1n) is 5.31. The van der Waals surface area contributed by atoms with E-state index >= 15 is 0 Å². The summed E-state index contributed by atoms with van der Waals surface area (Å²) in [5, 5.41) is 20.1. The quantitative estimate of drug-likeness (QED) is 0.703. The summed E-state index contributed by atoms with van der Waals surface area (Å²) in [7, 11) is -2.53. The second-order valence-electron chi connectivity index (χ2n) is 3.93. The molecule has 0 radical (unpaired) electrons. The molecule has 15 heavy (non-hydrogen) atoms. The predicted molar refractivity (Wildman–Crippen MR) is 62.0 cm³/mol. The largest absolute Gasteiger partial charge is 0.467 e. The number of hydrogen-bond donors (Lipinski definition) is 2. The summed E-state index contributed by atoms with van der Waals surface area (Å²) in [4.78, 5) is 0. The summed E-state index contributed by atoms with van der Waals surface area (Å²) in [6, 6.07) is 10.5. The van der Waals surface area contributed by atoms with E-state index in [2.05, 4.69) is 0 Å². The van der Waals surface area contributed by atoms with E-state index in [0.29, 0.717) is 6.61 Å². The maximum absolute atomic E-state index is 9.57. The lowest BCUT2D eigenvalue weighted by Gasteiger charge is -2.34.